The summed E-state index contributed by atoms with van der Waals surface area (Å²) in [7, 11) is 0. The Bertz CT molecular complexity index is 1220. The maximum atomic E-state index is 14.7. The summed E-state index contributed by atoms with van der Waals surface area (Å²) in [6, 6.07) is 24.1. The molecular formula is C29H27FN2O4. The minimum atomic E-state index is -1.84. The number of hydrogen-bond donors (Lipinski definition) is 1. The van der Waals surface area contributed by atoms with E-state index in [1.54, 1.807) is 0 Å². The Hall–Kier alpha value is -4.26. The molecule has 0 saturated carbocycles. The van der Waals surface area contributed by atoms with E-state index in [2.05, 4.69) is 36.2 Å². The number of hydrogen-bond acceptors (Lipinski definition) is 4. The summed E-state index contributed by atoms with van der Waals surface area (Å²) in [6.45, 7) is 6.46. The highest BCUT2D eigenvalue weighted by molar-refractivity contribution is 5.96. The summed E-state index contributed by atoms with van der Waals surface area (Å²) in [5.41, 5.74) is 4.59. The lowest BCUT2D eigenvalue weighted by atomic mass is 9.97. The van der Waals surface area contributed by atoms with Crippen LogP contribution in [0, 0.1) is 0 Å². The van der Waals surface area contributed by atoms with Gasteiger partial charge in [-0.2, -0.15) is 0 Å². The minimum Gasteiger partial charge on any atom is -0.451 e. The third-order valence-electron chi connectivity index (χ3n) is 5.94. The fourth-order valence-electron chi connectivity index (χ4n) is 4.09. The van der Waals surface area contributed by atoms with Gasteiger partial charge in [-0.05, 0) is 40.8 Å². The molecule has 2 aliphatic carbocycles. The first-order valence-corrected chi connectivity index (χ1v) is 11.6. The van der Waals surface area contributed by atoms with Gasteiger partial charge in [-0.1, -0.05) is 85.4 Å². The van der Waals surface area contributed by atoms with Crippen LogP contribution in [0.3, 0.4) is 0 Å². The van der Waals surface area contributed by atoms with Crippen molar-refractivity contribution in [2.24, 2.45) is 0 Å². The molecule has 2 amide bonds. The monoisotopic (exact) mass is 486 g/mol. The quantitative estimate of drug-likeness (QED) is 0.180. The van der Waals surface area contributed by atoms with Crippen LogP contribution in [0.5, 0.6) is 0 Å². The van der Waals surface area contributed by atoms with Gasteiger partial charge in [0.15, 0.2) is 18.2 Å². The fraction of sp³-hybridized carbons (Fsp3) is 0.207. The molecule has 0 bridgehead atoms. The molecule has 5 rings (SSSR count). The normalized spacial score (nSPS) is 17.8. The van der Waals surface area contributed by atoms with E-state index in [0.29, 0.717) is 0 Å². The molecule has 7 heteroatoms. The molecule has 3 atom stereocenters. The first-order valence-electron chi connectivity index (χ1n) is 11.6. The van der Waals surface area contributed by atoms with Crippen LogP contribution >= 0.6 is 0 Å². The number of halogens is 1. The van der Waals surface area contributed by atoms with Crippen LogP contribution in [0.15, 0.2) is 97.1 Å². The third-order valence-corrected chi connectivity index (χ3v) is 5.94. The van der Waals surface area contributed by atoms with Crippen LogP contribution in [0.25, 0.3) is 11.1 Å². The van der Waals surface area contributed by atoms with Crippen molar-refractivity contribution in [3.05, 3.63) is 108 Å². The lowest BCUT2D eigenvalue weighted by Crippen LogP contribution is -2.72. The molecule has 1 fully saturated rings. The van der Waals surface area contributed by atoms with Crippen LogP contribution in [0.2, 0.25) is 0 Å². The minimum absolute atomic E-state index is 0.261. The molecule has 2 aromatic rings. The van der Waals surface area contributed by atoms with Crippen molar-refractivity contribution < 1.29 is 23.5 Å². The highest BCUT2D eigenvalue weighted by Crippen LogP contribution is 2.33. The van der Waals surface area contributed by atoms with Gasteiger partial charge in [0.2, 0.25) is 12.2 Å². The molecular weight excluding hydrogens is 459 g/mol. The molecule has 1 saturated heterocycles. The van der Waals surface area contributed by atoms with E-state index in [1.165, 1.54) is 25.0 Å². The van der Waals surface area contributed by atoms with E-state index < -0.39 is 42.3 Å². The van der Waals surface area contributed by atoms with Gasteiger partial charge in [-0.15, -0.1) is 0 Å². The van der Waals surface area contributed by atoms with Crippen molar-refractivity contribution in [3.8, 4) is 11.1 Å². The number of carbonyl (C=O) groups excluding carboxylic acids is 3. The van der Waals surface area contributed by atoms with Crippen LogP contribution in [-0.4, -0.2) is 41.1 Å². The van der Waals surface area contributed by atoms with Gasteiger partial charge < -0.3 is 10.1 Å². The molecule has 1 heterocycles. The van der Waals surface area contributed by atoms with Crippen molar-refractivity contribution in [1.29, 1.82) is 0 Å². The number of amides is 2. The maximum Gasteiger partial charge on any atom is 0.334 e. The Morgan fingerprint density at radius 1 is 0.917 bits per heavy atom. The van der Waals surface area contributed by atoms with E-state index in [1.807, 2.05) is 60.7 Å². The lowest BCUT2D eigenvalue weighted by molar-refractivity contribution is -0.178. The van der Waals surface area contributed by atoms with Crippen molar-refractivity contribution >= 4 is 17.8 Å². The van der Waals surface area contributed by atoms with E-state index in [-0.39, 0.29) is 5.57 Å². The van der Waals surface area contributed by atoms with E-state index in [4.69, 9.17) is 4.74 Å². The molecule has 1 N–H and O–H groups in total. The molecule has 0 spiro atoms. The average molecular weight is 487 g/mol. The van der Waals surface area contributed by atoms with Crippen LogP contribution < -0.4 is 5.32 Å². The smallest absolute Gasteiger partial charge is 0.334 e. The number of alkyl halides is 1. The highest BCUT2D eigenvalue weighted by Gasteiger charge is 2.54. The zero-order valence-corrected chi connectivity index (χ0v) is 20.1. The molecule has 1 aliphatic heterocycles. The Labute approximate surface area is 209 Å². The number of ether oxygens (including phenoxy) is 1. The SMILES string of the molecule is C=C(C)C(C(=O)OC(c1ccccc1)c1ccccc1)N1C(=O)C(NC(C)=O)C1F.c1cc2cc-2c1. The van der Waals surface area contributed by atoms with Crippen molar-refractivity contribution in [2.45, 2.75) is 38.3 Å². The van der Waals surface area contributed by atoms with E-state index in [9.17, 15) is 18.8 Å². The topological polar surface area (TPSA) is 75.7 Å². The number of rotatable bonds is 7. The van der Waals surface area contributed by atoms with Gasteiger partial charge in [-0.3, -0.25) is 14.5 Å². The predicted molar refractivity (Wildman–Crippen MR) is 134 cm³/mol. The summed E-state index contributed by atoms with van der Waals surface area (Å²) in [4.78, 5) is 37.4. The van der Waals surface area contributed by atoms with Gasteiger partial charge in [0, 0.05) is 6.92 Å². The number of likely N-dealkylation sites (tertiary alicyclic amines) is 1. The second-order valence-corrected chi connectivity index (χ2v) is 8.76. The van der Waals surface area contributed by atoms with Gasteiger partial charge in [0.1, 0.15) is 0 Å². The second kappa shape index (κ2) is 10.6. The average Bonchev–Trinajstić information content (AvgIpc) is 3.48. The van der Waals surface area contributed by atoms with Crippen LogP contribution in [-0.2, 0) is 19.1 Å². The summed E-state index contributed by atoms with van der Waals surface area (Å²) in [5.74, 6) is -2.02. The molecule has 184 valence electrons. The molecule has 0 radical (unpaired) electrons. The van der Waals surface area contributed by atoms with Gasteiger partial charge in [0.05, 0.1) is 0 Å². The molecule has 3 unspecified atom stereocenters. The van der Waals surface area contributed by atoms with E-state index in [0.717, 1.165) is 16.0 Å². The number of benzene rings is 3. The molecule has 36 heavy (non-hydrogen) atoms. The van der Waals surface area contributed by atoms with Crippen molar-refractivity contribution in [2.75, 3.05) is 0 Å². The largest absolute Gasteiger partial charge is 0.451 e. The molecule has 3 aliphatic rings. The Balaban J connectivity index is 0.000000434. The summed E-state index contributed by atoms with van der Waals surface area (Å²) in [6.07, 6.45) is -2.58. The van der Waals surface area contributed by atoms with Crippen molar-refractivity contribution in [1.82, 2.24) is 10.2 Å². The zero-order valence-electron chi connectivity index (χ0n) is 20.1. The summed E-state index contributed by atoms with van der Waals surface area (Å²) in [5, 5.41) is 2.25. The number of nitrogens with one attached hydrogen (secondary N) is 1. The van der Waals surface area contributed by atoms with E-state index >= 15 is 0 Å². The summed E-state index contributed by atoms with van der Waals surface area (Å²) >= 11 is 0. The van der Waals surface area contributed by atoms with Crippen molar-refractivity contribution in [3.63, 3.8) is 0 Å². The standard InChI is InChI=1S/C23H23FN2O4.C6H4/c1-14(2)19(26-21(24)18(22(26)28)25-15(3)27)23(29)30-20(16-10-6-4-7-11-16)17-12-8-5-9-13-17;1-2-5-4-6(5)3-1/h4-13,18-21H,1H2,2-3H3,(H,25,27);1-4H. The van der Waals surface area contributed by atoms with Gasteiger partial charge in [-0.25, -0.2) is 9.18 Å². The predicted octanol–water partition coefficient (Wildman–Crippen LogP) is 4.57. The number of nitrogens with zero attached hydrogens (tertiary/aromatic N) is 1. The summed E-state index contributed by atoms with van der Waals surface area (Å²) < 4.78 is 20.4. The van der Waals surface area contributed by atoms with Gasteiger partial charge >= 0.3 is 5.97 Å². The van der Waals surface area contributed by atoms with Crippen LogP contribution in [0.1, 0.15) is 31.1 Å². The lowest BCUT2D eigenvalue weighted by Gasteiger charge is -2.45. The van der Waals surface area contributed by atoms with Gasteiger partial charge in [0.25, 0.3) is 5.91 Å². The maximum absolute atomic E-state index is 14.7. The third kappa shape index (κ3) is 5.35. The Morgan fingerprint density at radius 3 is 1.81 bits per heavy atom. The zero-order chi connectivity index (χ0) is 25.8. The van der Waals surface area contributed by atoms with Crippen LogP contribution in [0.4, 0.5) is 4.39 Å². The number of esters is 1. The number of β-lactam (4-membered cyclic amide) rings is 1. The Morgan fingerprint density at radius 2 is 1.44 bits per heavy atom. The second-order valence-electron chi connectivity index (χ2n) is 8.76. The number of carbonyl (C=O) groups is 3. The highest BCUT2D eigenvalue weighted by atomic mass is 19.1. The number of fused-ring (bicyclic) bond motifs is 1. The molecule has 0 aromatic heterocycles. The Kier molecular flexibility index (Phi) is 7.29. The molecule has 2 aromatic carbocycles. The fourth-order valence-corrected chi connectivity index (χ4v) is 4.09. The first-order chi connectivity index (χ1) is 17.3. The molecule has 6 nitrogen and oxygen atoms in total. The first kappa shape index (κ1) is 24.9.